The molecule has 0 aliphatic rings. The molecule has 0 aliphatic heterocycles. The van der Waals surface area contributed by atoms with Gasteiger partial charge in [-0.1, -0.05) is 35.5 Å². The van der Waals surface area contributed by atoms with Gasteiger partial charge in [-0.15, -0.1) is 0 Å². The van der Waals surface area contributed by atoms with Gasteiger partial charge in [0.1, 0.15) is 5.75 Å². The summed E-state index contributed by atoms with van der Waals surface area (Å²) >= 11 is 0. The molecule has 0 saturated carbocycles. The van der Waals surface area contributed by atoms with Crippen molar-refractivity contribution in [1.29, 1.82) is 0 Å². The third kappa shape index (κ3) is 6.06. The highest BCUT2D eigenvalue weighted by molar-refractivity contribution is 5.69. The highest BCUT2D eigenvalue weighted by Crippen LogP contribution is 2.30. The predicted molar refractivity (Wildman–Crippen MR) is 95.7 cm³/mol. The van der Waals surface area contributed by atoms with Crippen molar-refractivity contribution >= 4 is 5.97 Å². The van der Waals surface area contributed by atoms with Crippen molar-refractivity contribution in [2.24, 2.45) is 0 Å². The minimum atomic E-state index is -4.42. The Hall–Kier alpha value is -3.36. The molecule has 3 aromatic rings. The van der Waals surface area contributed by atoms with Gasteiger partial charge in [0.2, 0.25) is 5.82 Å². The molecule has 9 heteroatoms. The van der Waals surface area contributed by atoms with E-state index in [1.165, 1.54) is 12.1 Å². The first kappa shape index (κ1) is 20.4. The molecule has 0 spiro atoms. The van der Waals surface area contributed by atoms with Crippen LogP contribution in [-0.4, -0.2) is 22.7 Å². The number of rotatable bonds is 8. The van der Waals surface area contributed by atoms with Gasteiger partial charge in [0.05, 0.1) is 12.2 Å². The van der Waals surface area contributed by atoms with Crippen LogP contribution in [0, 0.1) is 0 Å². The zero-order chi connectivity index (χ0) is 20.7. The number of hydrogen-bond acceptors (Lipinski definition) is 6. The molecular formula is C20H17F3N2O4. The molecule has 0 N–H and O–H groups in total. The van der Waals surface area contributed by atoms with Crippen molar-refractivity contribution < 1.29 is 32.0 Å². The lowest BCUT2D eigenvalue weighted by atomic mass is 10.1. The summed E-state index contributed by atoms with van der Waals surface area (Å²) in [5.74, 6) is 0.438. The maximum atomic E-state index is 12.6. The number of para-hydroxylation sites is 1. The Kier molecular flexibility index (Phi) is 6.48. The van der Waals surface area contributed by atoms with Gasteiger partial charge in [0.15, 0.2) is 6.61 Å². The van der Waals surface area contributed by atoms with Crippen molar-refractivity contribution in [3.63, 3.8) is 0 Å². The smallest absolute Gasteiger partial charge is 0.416 e. The molecular weight excluding hydrogens is 389 g/mol. The largest absolute Gasteiger partial charge is 0.494 e. The normalized spacial score (nSPS) is 11.3. The number of aromatic nitrogens is 2. The number of alkyl halides is 3. The molecule has 1 heterocycles. The second-order valence-corrected chi connectivity index (χ2v) is 6.01. The summed E-state index contributed by atoms with van der Waals surface area (Å²) in [5.41, 5.74) is -0.410. The van der Waals surface area contributed by atoms with Crippen LogP contribution in [0.1, 0.15) is 24.3 Å². The summed E-state index contributed by atoms with van der Waals surface area (Å²) in [6.07, 6.45) is -3.78. The van der Waals surface area contributed by atoms with Crippen LogP contribution in [0.25, 0.3) is 11.4 Å². The Morgan fingerprint density at radius 3 is 2.45 bits per heavy atom. The molecule has 1 aromatic heterocycles. The Labute approximate surface area is 164 Å². The van der Waals surface area contributed by atoms with Crippen molar-refractivity contribution in [3.05, 3.63) is 66.1 Å². The second-order valence-electron chi connectivity index (χ2n) is 6.01. The monoisotopic (exact) mass is 406 g/mol. The van der Waals surface area contributed by atoms with Crippen LogP contribution in [0.4, 0.5) is 13.2 Å². The predicted octanol–water partition coefficient (Wildman–Crippen LogP) is 4.66. The third-order valence-corrected chi connectivity index (χ3v) is 3.83. The molecule has 0 atom stereocenters. The van der Waals surface area contributed by atoms with Crippen molar-refractivity contribution in [1.82, 2.24) is 10.1 Å². The molecule has 0 amide bonds. The second kappa shape index (κ2) is 9.22. The van der Waals surface area contributed by atoms with Crippen LogP contribution in [0.3, 0.4) is 0 Å². The summed E-state index contributed by atoms with van der Waals surface area (Å²) in [6.45, 7) is 0.156. The third-order valence-electron chi connectivity index (χ3n) is 3.83. The number of carbonyl (C=O) groups excluding carboxylic acids is 1. The molecule has 0 radical (unpaired) electrons. The van der Waals surface area contributed by atoms with E-state index in [1.807, 2.05) is 30.3 Å². The van der Waals surface area contributed by atoms with E-state index in [1.54, 1.807) is 0 Å². The standard InChI is InChI=1S/C20H17F3N2O4/c21-20(22,23)15-10-8-14(9-11-15)19-24-17(29-25-19)13-28-18(26)7-4-12-27-16-5-2-1-3-6-16/h1-3,5-6,8-11H,4,7,12-13H2. The molecule has 6 nitrogen and oxygen atoms in total. The average Bonchev–Trinajstić information content (AvgIpc) is 3.19. The van der Waals surface area contributed by atoms with E-state index in [0.29, 0.717) is 18.6 Å². The van der Waals surface area contributed by atoms with Crippen LogP contribution in [-0.2, 0) is 22.3 Å². The number of esters is 1. The van der Waals surface area contributed by atoms with E-state index in [-0.39, 0.29) is 24.7 Å². The van der Waals surface area contributed by atoms with Gasteiger partial charge in [0, 0.05) is 12.0 Å². The Balaban J connectivity index is 1.42. The number of halogens is 3. The molecule has 0 fully saturated rings. The number of carbonyl (C=O) groups is 1. The molecule has 3 rings (SSSR count). The zero-order valence-electron chi connectivity index (χ0n) is 15.2. The van der Waals surface area contributed by atoms with E-state index in [2.05, 4.69) is 10.1 Å². The van der Waals surface area contributed by atoms with Crippen LogP contribution in [0.15, 0.2) is 59.1 Å². The van der Waals surface area contributed by atoms with Crippen LogP contribution >= 0.6 is 0 Å². The minimum Gasteiger partial charge on any atom is -0.494 e. The van der Waals surface area contributed by atoms with E-state index in [4.69, 9.17) is 14.0 Å². The molecule has 152 valence electrons. The molecule has 0 bridgehead atoms. The maximum absolute atomic E-state index is 12.6. The van der Waals surface area contributed by atoms with Gasteiger partial charge in [0.25, 0.3) is 5.89 Å². The number of ether oxygens (including phenoxy) is 2. The lowest BCUT2D eigenvalue weighted by Gasteiger charge is -2.06. The maximum Gasteiger partial charge on any atom is 0.416 e. The van der Waals surface area contributed by atoms with E-state index < -0.39 is 17.7 Å². The SMILES string of the molecule is O=C(CCCOc1ccccc1)OCc1nc(-c2ccc(C(F)(F)F)cc2)no1. The van der Waals surface area contributed by atoms with Gasteiger partial charge >= 0.3 is 12.1 Å². The highest BCUT2D eigenvalue weighted by atomic mass is 19.4. The fourth-order valence-electron chi connectivity index (χ4n) is 2.38. The van der Waals surface area contributed by atoms with Gasteiger partial charge in [-0.3, -0.25) is 4.79 Å². The van der Waals surface area contributed by atoms with Gasteiger partial charge < -0.3 is 14.0 Å². The van der Waals surface area contributed by atoms with Crippen molar-refractivity contribution in [2.45, 2.75) is 25.6 Å². The molecule has 0 saturated heterocycles. The Morgan fingerprint density at radius 1 is 1.03 bits per heavy atom. The van der Waals surface area contributed by atoms with E-state index in [0.717, 1.165) is 17.9 Å². The Bertz CT molecular complexity index is 925. The first-order valence-electron chi connectivity index (χ1n) is 8.75. The molecule has 29 heavy (non-hydrogen) atoms. The lowest BCUT2D eigenvalue weighted by Crippen LogP contribution is -2.07. The van der Waals surface area contributed by atoms with E-state index >= 15 is 0 Å². The van der Waals surface area contributed by atoms with Gasteiger partial charge in [-0.25, -0.2) is 0 Å². The zero-order valence-corrected chi connectivity index (χ0v) is 15.2. The Morgan fingerprint density at radius 2 is 1.76 bits per heavy atom. The number of nitrogens with zero attached hydrogens (tertiary/aromatic N) is 2. The topological polar surface area (TPSA) is 74.5 Å². The van der Waals surface area contributed by atoms with Crippen LogP contribution in [0.5, 0.6) is 5.75 Å². The van der Waals surface area contributed by atoms with Crippen molar-refractivity contribution in [2.75, 3.05) is 6.61 Å². The quantitative estimate of drug-likeness (QED) is 0.400. The summed E-state index contributed by atoms with van der Waals surface area (Å²) in [6, 6.07) is 13.6. The average molecular weight is 406 g/mol. The number of hydrogen-bond donors (Lipinski definition) is 0. The minimum absolute atomic E-state index is 0.0498. The molecule has 2 aromatic carbocycles. The van der Waals surface area contributed by atoms with E-state index in [9.17, 15) is 18.0 Å². The first-order chi connectivity index (χ1) is 13.9. The molecule has 0 unspecified atom stereocenters. The highest BCUT2D eigenvalue weighted by Gasteiger charge is 2.30. The fourth-order valence-corrected chi connectivity index (χ4v) is 2.38. The first-order valence-corrected chi connectivity index (χ1v) is 8.75. The summed E-state index contributed by atoms with van der Waals surface area (Å²) < 4.78 is 53.3. The summed E-state index contributed by atoms with van der Waals surface area (Å²) in [7, 11) is 0. The van der Waals surface area contributed by atoms with Crippen LogP contribution < -0.4 is 4.74 Å². The van der Waals surface area contributed by atoms with Gasteiger partial charge in [-0.05, 0) is 30.7 Å². The van der Waals surface area contributed by atoms with Gasteiger partial charge in [-0.2, -0.15) is 18.2 Å². The number of benzene rings is 2. The fraction of sp³-hybridized carbons (Fsp3) is 0.250. The summed E-state index contributed by atoms with van der Waals surface area (Å²) in [4.78, 5) is 15.8. The molecule has 0 aliphatic carbocycles. The van der Waals surface area contributed by atoms with Crippen LogP contribution in [0.2, 0.25) is 0 Å². The van der Waals surface area contributed by atoms with Crippen molar-refractivity contribution in [3.8, 4) is 17.1 Å². The lowest BCUT2D eigenvalue weighted by molar-refractivity contribution is -0.146. The summed E-state index contributed by atoms with van der Waals surface area (Å²) in [5, 5.41) is 3.69.